The lowest BCUT2D eigenvalue weighted by Gasteiger charge is -2.30. The number of carbonyl (C=O) groups excluding carboxylic acids is 2. The normalized spacial score (nSPS) is 20.7. The van der Waals surface area contributed by atoms with Crippen LogP contribution in [0.25, 0.3) is 0 Å². The van der Waals surface area contributed by atoms with Crippen LogP contribution in [0.4, 0.5) is 0 Å². The van der Waals surface area contributed by atoms with E-state index in [1.54, 1.807) is 6.92 Å². The van der Waals surface area contributed by atoms with Gasteiger partial charge in [0.2, 0.25) is 0 Å². The van der Waals surface area contributed by atoms with E-state index >= 15 is 0 Å². The fourth-order valence-electron chi connectivity index (χ4n) is 2.82. The fourth-order valence-corrected chi connectivity index (χ4v) is 2.82. The Labute approximate surface area is 137 Å². The first-order valence-corrected chi connectivity index (χ1v) is 8.18. The summed E-state index contributed by atoms with van der Waals surface area (Å²) in [6, 6.07) is 9.27. The Morgan fingerprint density at radius 3 is 2.48 bits per heavy atom. The summed E-state index contributed by atoms with van der Waals surface area (Å²) in [5, 5.41) is 0. The van der Waals surface area contributed by atoms with E-state index in [1.165, 1.54) is 0 Å². The molecule has 23 heavy (non-hydrogen) atoms. The molecule has 4 nitrogen and oxygen atoms in total. The van der Waals surface area contributed by atoms with Crippen molar-refractivity contribution in [3.63, 3.8) is 0 Å². The molecule has 0 amide bonds. The summed E-state index contributed by atoms with van der Waals surface area (Å²) in [6.45, 7) is 5.90. The number of rotatable bonds is 7. The third kappa shape index (κ3) is 5.32. The predicted octanol–water partition coefficient (Wildman–Crippen LogP) is 3.71. The quantitative estimate of drug-likeness (QED) is 0.437. The maximum absolute atomic E-state index is 12.3. The highest BCUT2D eigenvalue weighted by Crippen LogP contribution is 2.26. The SMILES string of the molecule is C=C(C[C@H]1CCC[C@@H](CC(=O)c2ccccc2)O1)C(=O)OCC. The minimum Gasteiger partial charge on any atom is -0.463 e. The molecular formula is C19H24O4. The molecule has 1 heterocycles. The second kappa shape index (κ2) is 8.63. The van der Waals surface area contributed by atoms with Crippen molar-refractivity contribution < 1.29 is 19.1 Å². The first-order chi connectivity index (χ1) is 11.1. The molecule has 0 aliphatic carbocycles. The van der Waals surface area contributed by atoms with E-state index in [0.29, 0.717) is 30.6 Å². The van der Waals surface area contributed by atoms with E-state index in [0.717, 1.165) is 19.3 Å². The zero-order chi connectivity index (χ0) is 16.7. The van der Waals surface area contributed by atoms with Crippen LogP contribution in [0, 0.1) is 0 Å². The van der Waals surface area contributed by atoms with Crippen molar-refractivity contribution in [3.8, 4) is 0 Å². The molecule has 2 atom stereocenters. The van der Waals surface area contributed by atoms with Crippen LogP contribution in [0.3, 0.4) is 0 Å². The second-order valence-electron chi connectivity index (χ2n) is 5.83. The molecule has 1 aliphatic heterocycles. The molecule has 2 rings (SSSR count). The minimum absolute atomic E-state index is 0.0609. The third-order valence-corrected chi connectivity index (χ3v) is 3.98. The number of carbonyl (C=O) groups is 2. The standard InChI is InChI=1S/C19H24O4/c1-3-22-19(21)14(2)12-16-10-7-11-17(23-16)13-18(20)15-8-5-4-6-9-15/h4-6,8-9,16-17H,2-3,7,10-13H2,1H3/t16-,17+/m1/s1. The van der Waals surface area contributed by atoms with Gasteiger partial charge in [-0.3, -0.25) is 4.79 Å². The van der Waals surface area contributed by atoms with Crippen LogP contribution in [0.2, 0.25) is 0 Å². The molecule has 1 fully saturated rings. The first-order valence-electron chi connectivity index (χ1n) is 8.18. The molecule has 0 bridgehead atoms. The summed E-state index contributed by atoms with van der Waals surface area (Å²) in [5.41, 5.74) is 1.15. The van der Waals surface area contributed by atoms with E-state index < -0.39 is 0 Å². The molecule has 0 radical (unpaired) electrons. The van der Waals surface area contributed by atoms with E-state index in [2.05, 4.69) is 6.58 Å². The highest BCUT2D eigenvalue weighted by atomic mass is 16.5. The van der Waals surface area contributed by atoms with Crippen molar-refractivity contribution in [2.75, 3.05) is 6.61 Å². The lowest BCUT2D eigenvalue weighted by molar-refractivity contribution is -0.139. The summed E-state index contributed by atoms with van der Waals surface area (Å²) >= 11 is 0. The molecule has 0 unspecified atom stereocenters. The Morgan fingerprint density at radius 1 is 1.17 bits per heavy atom. The average Bonchev–Trinajstić information content (AvgIpc) is 2.56. The summed E-state index contributed by atoms with van der Waals surface area (Å²) in [6.07, 6.45) is 3.45. The summed E-state index contributed by atoms with van der Waals surface area (Å²) in [5.74, 6) is -0.265. The number of hydrogen-bond donors (Lipinski definition) is 0. The fraction of sp³-hybridized carbons (Fsp3) is 0.474. The Balaban J connectivity index is 1.85. The largest absolute Gasteiger partial charge is 0.463 e. The molecule has 1 saturated heterocycles. The van der Waals surface area contributed by atoms with Crippen LogP contribution >= 0.6 is 0 Å². The summed E-state index contributed by atoms with van der Waals surface area (Å²) < 4.78 is 10.9. The van der Waals surface area contributed by atoms with E-state index in [1.807, 2.05) is 30.3 Å². The van der Waals surface area contributed by atoms with Crippen molar-refractivity contribution in [2.45, 2.75) is 51.2 Å². The topological polar surface area (TPSA) is 52.6 Å². The monoisotopic (exact) mass is 316 g/mol. The van der Waals surface area contributed by atoms with Crippen LogP contribution in [0.1, 0.15) is 49.4 Å². The molecule has 0 saturated carbocycles. The van der Waals surface area contributed by atoms with Gasteiger partial charge >= 0.3 is 5.97 Å². The maximum Gasteiger partial charge on any atom is 0.333 e. The Hall–Kier alpha value is -1.94. The molecule has 1 aromatic rings. The van der Waals surface area contributed by atoms with Gasteiger partial charge in [-0.25, -0.2) is 4.79 Å². The molecule has 1 aromatic carbocycles. The lowest BCUT2D eigenvalue weighted by atomic mass is 9.95. The number of benzene rings is 1. The van der Waals surface area contributed by atoms with E-state index in [-0.39, 0.29) is 24.0 Å². The van der Waals surface area contributed by atoms with Crippen molar-refractivity contribution in [3.05, 3.63) is 48.0 Å². The van der Waals surface area contributed by atoms with Gasteiger partial charge in [-0.05, 0) is 26.2 Å². The highest BCUT2D eigenvalue weighted by molar-refractivity contribution is 5.96. The number of ether oxygens (including phenoxy) is 2. The lowest BCUT2D eigenvalue weighted by Crippen LogP contribution is -2.30. The zero-order valence-corrected chi connectivity index (χ0v) is 13.6. The van der Waals surface area contributed by atoms with Crippen LogP contribution in [-0.4, -0.2) is 30.6 Å². The molecule has 0 spiro atoms. The zero-order valence-electron chi connectivity index (χ0n) is 13.6. The summed E-state index contributed by atoms with van der Waals surface area (Å²) in [7, 11) is 0. The van der Waals surface area contributed by atoms with E-state index in [9.17, 15) is 9.59 Å². The highest BCUT2D eigenvalue weighted by Gasteiger charge is 2.26. The number of hydrogen-bond acceptors (Lipinski definition) is 4. The van der Waals surface area contributed by atoms with Gasteiger partial charge in [-0.15, -0.1) is 0 Å². The molecule has 0 N–H and O–H groups in total. The Kier molecular flexibility index (Phi) is 6.53. The number of Topliss-reactive ketones (excluding diaryl/α,β-unsaturated/α-hetero) is 1. The number of ketones is 1. The third-order valence-electron chi connectivity index (χ3n) is 3.98. The summed E-state index contributed by atoms with van der Waals surface area (Å²) in [4.78, 5) is 23.9. The van der Waals surface area contributed by atoms with Crippen LogP contribution in [-0.2, 0) is 14.3 Å². The van der Waals surface area contributed by atoms with Gasteiger partial charge in [-0.1, -0.05) is 36.9 Å². The molecule has 4 heteroatoms. The molecule has 124 valence electrons. The van der Waals surface area contributed by atoms with Crippen molar-refractivity contribution in [2.24, 2.45) is 0 Å². The van der Waals surface area contributed by atoms with Gasteiger partial charge in [0.25, 0.3) is 0 Å². The van der Waals surface area contributed by atoms with Gasteiger partial charge in [0, 0.05) is 24.0 Å². The van der Waals surface area contributed by atoms with Crippen molar-refractivity contribution in [1.29, 1.82) is 0 Å². The smallest absolute Gasteiger partial charge is 0.333 e. The van der Waals surface area contributed by atoms with Crippen molar-refractivity contribution >= 4 is 11.8 Å². The van der Waals surface area contributed by atoms with Crippen LogP contribution in [0.5, 0.6) is 0 Å². The minimum atomic E-state index is -0.362. The van der Waals surface area contributed by atoms with Crippen LogP contribution in [0.15, 0.2) is 42.5 Å². The van der Waals surface area contributed by atoms with Crippen LogP contribution < -0.4 is 0 Å². The van der Waals surface area contributed by atoms with E-state index in [4.69, 9.17) is 9.47 Å². The first kappa shape index (κ1) is 17.4. The molecule has 1 aliphatic rings. The average molecular weight is 316 g/mol. The van der Waals surface area contributed by atoms with Gasteiger partial charge in [0.1, 0.15) is 0 Å². The molecular weight excluding hydrogens is 292 g/mol. The predicted molar refractivity (Wildman–Crippen MR) is 88.3 cm³/mol. The van der Waals surface area contributed by atoms with Gasteiger partial charge in [0.15, 0.2) is 5.78 Å². The van der Waals surface area contributed by atoms with Gasteiger partial charge in [0.05, 0.1) is 18.8 Å². The van der Waals surface area contributed by atoms with Gasteiger partial charge in [-0.2, -0.15) is 0 Å². The maximum atomic E-state index is 12.3. The van der Waals surface area contributed by atoms with Crippen molar-refractivity contribution in [1.82, 2.24) is 0 Å². The Bertz CT molecular complexity index is 550. The van der Waals surface area contributed by atoms with Gasteiger partial charge < -0.3 is 9.47 Å². The number of esters is 1. The molecule has 0 aromatic heterocycles. The Morgan fingerprint density at radius 2 is 1.83 bits per heavy atom. The second-order valence-corrected chi connectivity index (χ2v) is 5.83.